The number of unbranched alkanes of at least 4 members (excludes halogenated alkanes) is 5. The van der Waals surface area contributed by atoms with Crippen molar-refractivity contribution in [3.8, 4) is 0 Å². The maximum absolute atomic E-state index is 10.8. The van der Waals surface area contributed by atoms with Crippen LogP contribution in [0.15, 0.2) is 0 Å². The SMILES string of the molecule is CCCCCCCCN(P(=O)(O)O)S(=O)(=O)O.[CaH2]. The van der Waals surface area contributed by atoms with E-state index in [0.717, 1.165) is 25.7 Å². The first-order valence-electron chi connectivity index (χ1n) is 5.50. The van der Waals surface area contributed by atoms with Gasteiger partial charge in [0.25, 0.3) is 0 Å². The van der Waals surface area contributed by atoms with Crippen LogP contribution in [-0.2, 0) is 14.9 Å². The van der Waals surface area contributed by atoms with Crippen LogP contribution in [0, 0.1) is 0 Å². The molecule has 10 heteroatoms. The predicted octanol–water partition coefficient (Wildman–Crippen LogP) is 0.628. The zero-order valence-electron chi connectivity index (χ0n) is 9.82. The fraction of sp³-hybridized carbons (Fsp3) is 1.00. The maximum atomic E-state index is 10.8. The second kappa shape index (κ2) is 10.1. The molecule has 7 nitrogen and oxygen atoms in total. The average Bonchev–Trinajstić information content (AvgIpc) is 2.12. The van der Waals surface area contributed by atoms with E-state index < -0.39 is 18.1 Å². The zero-order chi connectivity index (χ0) is 13.5. The second-order valence-corrected chi connectivity index (χ2v) is 6.92. The van der Waals surface area contributed by atoms with Crippen LogP contribution in [0.4, 0.5) is 0 Å². The van der Waals surface area contributed by atoms with Crippen molar-refractivity contribution in [2.24, 2.45) is 0 Å². The molecule has 108 valence electrons. The van der Waals surface area contributed by atoms with Gasteiger partial charge in [-0.25, -0.2) is 4.57 Å². The van der Waals surface area contributed by atoms with Crippen LogP contribution < -0.4 is 0 Å². The van der Waals surface area contributed by atoms with Gasteiger partial charge in [0.2, 0.25) is 0 Å². The topological polar surface area (TPSA) is 115 Å². The molecule has 0 aliphatic heterocycles. The number of nitrogens with zero attached hydrogens (tertiary/aromatic N) is 1. The Bertz CT molecular complexity index is 357. The minimum absolute atomic E-state index is 0. The van der Waals surface area contributed by atoms with E-state index in [0.29, 0.717) is 12.8 Å². The van der Waals surface area contributed by atoms with Crippen molar-refractivity contribution in [2.75, 3.05) is 6.54 Å². The molecule has 0 bridgehead atoms. The molecule has 0 atom stereocenters. The summed E-state index contributed by atoms with van der Waals surface area (Å²) in [6, 6.07) is 0. The van der Waals surface area contributed by atoms with Crippen molar-refractivity contribution >= 4 is 55.8 Å². The van der Waals surface area contributed by atoms with Gasteiger partial charge in [0, 0.05) is 6.54 Å². The standard InChI is InChI=1S/C8H20NO6PS.Ca.2H/c1-2-3-4-5-6-7-8-9(16(10,11)12)17(13,14)15;;;/h2-8H2,1H3,(H2,10,11,12)(H,13,14,15);;;. The molecule has 0 rings (SSSR count). The monoisotopic (exact) mass is 331 g/mol. The third kappa shape index (κ3) is 10.1. The first-order valence-corrected chi connectivity index (χ1v) is 8.47. The van der Waals surface area contributed by atoms with E-state index in [2.05, 4.69) is 6.92 Å². The van der Waals surface area contributed by atoms with Crippen LogP contribution in [0.25, 0.3) is 0 Å². The van der Waals surface area contributed by atoms with Crippen molar-refractivity contribution in [2.45, 2.75) is 45.4 Å². The van der Waals surface area contributed by atoms with Crippen LogP contribution in [0.1, 0.15) is 45.4 Å². The van der Waals surface area contributed by atoms with E-state index in [4.69, 9.17) is 14.3 Å². The summed E-state index contributed by atoms with van der Waals surface area (Å²) < 4.78 is 40.8. The third-order valence-electron chi connectivity index (χ3n) is 2.26. The molecule has 0 aromatic rings. The summed E-state index contributed by atoms with van der Waals surface area (Å²) in [6.07, 6.45) is 5.05. The van der Waals surface area contributed by atoms with Gasteiger partial charge in [0.05, 0.1) is 0 Å². The second-order valence-electron chi connectivity index (χ2n) is 3.80. The Balaban J connectivity index is 0. The van der Waals surface area contributed by atoms with Gasteiger partial charge in [-0.3, -0.25) is 4.55 Å². The molecule has 18 heavy (non-hydrogen) atoms. The first-order chi connectivity index (χ1) is 7.69. The molecule has 0 unspecified atom stereocenters. The first kappa shape index (κ1) is 21.6. The van der Waals surface area contributed by atoms with Crippen molar-refractivity contribution in [3.63, 3.8) is 0 Å². The normalized spacial score (nSPS) is 12.5. The average molecular weight is 331 g/mol. The summed E-state index contributed by atoms with van der Waals surface area (Å²) in [4.78, 5) is 17.5. The molecule has 0 aromatic carbocycles. The van der Waals surface area contributed by atoms with Gasteiger partial charge in [-0.1, -0.05) is 43.1 Å². The van der Waals surface area contributed by atoms with Crippen LogP contribution >= 0.6 is 7.75 Å². The van der Waals surface area contributed by atoms with E-state index in [1.807, 2.05) is 0 Å². The van der Waals surface area contributed by atoms with E-state index in [-0.39, 0.29) is 48.4 Å². The quantitative estimate of drug-likeness (QED) is 0.247. The summed E-state index contributed by atoms with van der Waals surface area (Å²) in [5, 5.41) is 0. The molecule has 3 N–H and O–H groups in total. The molecular weight excluding hydrogens is 309 g/mol. The zero-order valence-corrected chi connectivity index (χ0v) is 11.5. The van der Waals surface area contributed by atoms with Gasteiger partial charge in [-0.05, 0) is 6.42 Å². The predicted molar refractivity (Wildman–Crippen MR) is 72.2 cm³/mol. The summed E-state index contributed by atoms with van der Waals surface area (Å²) >= 11 is 0. The van der Waals surface area contributed by atoms with Crippen LogP contribution in [0.5, 0.6) is 0 Å². The van der Waals surface area contributed by atoms with Crippen molar-refractivity contribution in [1.82, 2.24) is 4.08 Å². The van der Waals surface area contributed by atoms with Crippen LogP contribution in [-0.4, -0.2) is 71.1 Å². The van der Waals surface area contributed by atoms with Crippen LogP contribution in [0.3, 0.4) is 0 Å². The number of rotatable bonds is 9. The van der Waals surface area contributed by atoms with E-state index in [9.17, 15) is 13.0 Å². The fourth-order valence-electron chi connectivity index (χ4n) is 1.41. The Hall–Kier alpha value is 1.28. The summed E-state index contributed by atoms with van der Waals surface area (Å²) in [5.41, 5.74) is 0. The molecule has 0 saturated carbocycles. The third-order valence-corrected chi connectivity index (χ3v) is 5.01. The van der Waals surface area contributed by atoms with Gasteiger partial charge in [-0.15, -0.1) is 0 Å². The molecular formula is C8H22CaNO6PS. The Morgan fingerprint density at radius 3 is 1.89 bits per heavy atom. The fourth-order valence-corrected chi connectivity index (χ4v) is 3.24. The minimum atomic E-state index is -4.96. The van der Waals surface area contributed by atoms with Gasteiger partial charge >= 0.3 is 55.8 Å². The van der Waals surface area contributed by atoms with Gasteiger partial charge in [-0.2, -0.15) is 8.42 Å². The van der Waals surface area contributed by atoms with Gasteiger partial charge in [0.15, 0.2) is 0 Å². The Morgan fingerprint density at radius 1 is 1.06 bits per heavy atom. The molecule has 0 radical (unpaired) electrons. The van der Waals surface area contributed by atoms with E-state index in [1.54, 1.807) is 0 Å². The molecule has 0 amide bonds. The molecule has 0 aliphatic rings. The molecule has 0 fully saturated rings. The molecule has 0 aliphatic carbocycles. The molecule has 0 heterocycles. The summed E-state index contributed by atoms with van der Waals surface area (Å²) in [5.74, 6) is 0. The Kier molecular flexibility index (Phi) is 12.1. The van der Waals surface area contributed by atoms with Crippen LogP contribution in [0.2, 0.25) is 0 Å². The summed E-state index contributed by atoms with van der Waals surface area (Å²) in [6.45, 7) is 1.70. The number of hydrogen-bond donors (Lipinski definition) is 3. The van der Waals surface area contributed by atoms with Gasteiger partial charge < -0.3 is 9.79 Å². The Labute approximate surface area is 138 Å². The van der Waals surface area contributed by atoms with Crippen molar-refractivity contribution in [1.29, 1.82) is 0 Å². The Morgan fingerprint density at radius 2 is 1.50 bits per heavy atom. The van der Waals surface area contributed by atoms with Crippen molar-refractivity contribution in [3.05, 3.63) is 0 Å². The van der Waals surface area contributed by atoms with E-state index >= 15 is 0 Å². The number of hydrogen-bond acceptors (Lipinski definition) is 3. The van der Waals surface area contributed by atoms with Gasteiger partial charge in [0.1, 0.15) is 0 Å². The molecule has 0 spiro atoms. The van der Waals surface area contributed by atoms with E-state index in [1.165, 1.54) is 0 Å². The molecule has 0 aromatic heterocycles. The molecule has 0 saturated heterocycles. The van der Waals surface area contributed by atoms with Crippen molar-refractivity contribution < 1.29 is 27.3 Å². The summed E-state index contributed by atoms with van der Waals surface area (Å²) in [7, 11) is -9.81.